The van der Waals surface area contributed by atoms with Gasteiger partial charge in [-0.25, -0.2) is 9.18 Å². The van der Waals surface area contributed by atoms with Crippen LogP contribution in [0, 0.1) is 5.82 Å². The Labute approximate surface area is 175 Å². The van der Waals surface area contributed by atoms with Crippen molar-refractivity contribution in [3.63, 3.8) is 0 Å². The van der Waals surface area contributed by atoms with Crippen LogP contribution in [-0.2, 0) is 4.79 Å². The Morgan fingerprint density at radius 1 is 1.10 bits per heavy atom. The molecule has 0 spiro atoms. The lowest BCUT2D eigenvalue weighted by atomic mass is 10.0. The predicted molar refractivity (Wildman–Crippen MR) is 110 cm³/mol. The highest BCUT2D eigenvalue weighted by Gasteiger charge is 2.40. The summed E-state index contributed by atoms with van der Waals surface area (Å²) in [5, 5.41) is 9.64. The zero-order valence-electron chi connectivity index (χ0n) is 17.1. The quantitative estimate of drug-likeness (QED) is 0.787. The third kappa shape index (κ3) is 4.75. The van der Waals surface area contributed by atoms with Gasteiger partial charge >= 0.3 is 6.09 Å². The second-order valence-corrected chi connectivity index (χ2v) is 8.93. The van der Waals surface area contributed by atoms with Crippen LogP contribution >= 0.6 is 11.6 Å². The maximum absolute atomic E-state index is 13.4. The fourth-order valence-corrected chi connectivity index (χ4v) is 4.08. The Morgan fingerprint density at radius 3 is 2.31 bits per heavy atom. The standard InChI is InChI=1S/C20H28ClFN4O3/c1-20(2,3)25-10-11-26(19(28)29)17(13-25)18(27)24-8-6-23(7-9-24)14-4-5-16(22)15(21)12-14/h4-5,12,17H,6-11,13H2,1-3H3,(H,28,29). The van der Waals surface area contributed by atoms with Crippen molar-refractivity contribution in [3.8, 4) is 0 Å². The molecule has 2 amide bonds. The first-order chi connectivity index (χ1) is 13.6. The molecule has 9 heteroatoms. The highest BCUT2D eigenvalue weighted by molar-refractivity contribution is 6.31. The van der Waals surface area contributed by atoms with Crippen LogP contribution in [0.5, 0.6) is 0 Å². The fraction of sp³-hybridized carbons (Fsp3) is 0.600. The van der Waals surface area contributed by atoms with E-state index in [0.29, 0.717) is 45.8 Å². The lowest BCUT2D eigenvalue weighted by Gasteiger charge is -2.47. The number of anilines is 1. The van der Waals surface area contributed by atoms with E-state index in [1.165, 1.54) is 11.0 Å². The largest absolute Gasteiger partial charge is 0.465 e. The summed E-state index contributed by atoms with van der Waals surface area (Å²) in [5.41, 5.74) is 0.677. The molecule has 1 N–H and O–H groups in total. The van der Waals surface area contributed by atoms with Gasteiger partial charge in [-0.05, 0) is 39.0 Å². The van der Waals surface area contributed by atoms with Gasteiger partial charge in [0.15, 0.2) is 0 Å². The number of hydrogen-bond acceptors (Lipinski definition) is 4. The Bertz CT molecular complexity index is 777. The number of carbonyl (C=O) groups excluding carboxylic acids is 1. The first-order valence-corrected chi connectivity index (χ1v) is 10.2. The number of carbonyl (C=O) groups is 2. The van der Waals surface area contributed by atoms with E-state index in [1.54, 1.807) is 17.0 Å². The molecule has 0 radical (unpaired) electrons. The van der Waals surface area contributed by atoms with E-state index in [4.69, 9.17) is 11.6 Å². The van der Waals surface area contributed by atoms with Crippen LogP contribution < -0.4 is 4.90 Å². The Hall–Kier alpha value is -2.06. The van der Waals surface area contributed by atoms with Crippen molar-refractivity contribution < 1.29 is 19.1 Å². The number of rotatable bonds is 2. The summed E-state index contributed by atoms with van der Waals surface area (Å²) >= 11 is 5.88. The number of halogens is 2. The van der Waals surface area contributed by atoms with Gasteiger partial charge in [-0.1, -0.05) is 11.6 Å². The van der Waals surface area contributed by atoms with E-state index in [1.807, 2.05) is 4.90 Å². The van der Waals surface area contributed by atoms with Crippen LogP contribution in [0.15, 0.2) is 18.2 Å². The smallest absolute Gasteiger partial charge is 0.408 e. The van der Waals surface area contributed by atoms with Crippen LogP contribution in [0.4, 0.5) is 14.9 Å². The maximum Gasteiger partial charge on any atom is 0.408 e. The third-order valence-corrected chi connectivity index (χ3v) is 6.01. The molecule has 1 unspecified atom stereocenters. The molecule has 2 heterocycles. The summed E-state index contributed by atoms with van der Waals surface area (Å²) in [5.74, 6) is -0.614. The summed E-state index contributed by atoms with van der Waals surface area (Å²) in [6, 6.07) is 3.89. The van der Waals surface area contributed by atoms with Crippen LogP contribution in [0.25, 0.3) is 0 Å². The van der Waals surface area contributed by atoms with Gasteiger partial charge < -0.3 is 14.9 Å². The summed E-state index contributed by atoms with van der Waals surface area (Å²) in [4.78, 5) is 32.1. The Balaban J connectivity index is 1.67. The molecule has 2 aliphatic rings. The van der Waals surface area contributed by atoms with Crippen molar-refractivity contribution >= 4 is 29.3 Å². The zero-order valence-corrected chi connectivity index (χ0v) is 17.8. The van der Waals surface area contributed by atoms with Crippen LogP contribution in [0.3, 0.4) is 0 Å². The minimum Gasteiger partial charge on any atom is -0.465 e. The fourth-order valence-electron chi connectivity index (χ4n) is 3.91. The topological polar surface area (TPSA) is 67.3 Å². The number of piperazine rings is 2. The number of carboxylic acid groups (broad SMARTS) is 1. The van der Waals surface area contributed by atoms with Gasteiger partial charge in [-0.2, -0.15) is 0 Å². The molecule has 1 aromatic carbocycles. The van der Waals surface area contributed by atoms with Crippen molar-refractivity contribution in [1.82, 2.24) is 14.7 Å². The molecule has 0 aromatic heterocycles. The second kappa shape index (κ2) is 8.36. The summed E-state index contributed by atoms with van der Waals surface area (Å²) < 4.78 is 13.4. The lowest BCUT2D eigenvalue weighted by Crippen LogP contribution is -2.65. The van der Waals surface area contributed by atoms with E-state index in [-0.39, 0.29) is 16.5 Å². The highest BCUT2D eigenvalue weighted by atomic mass is 35.5. The first-order valence-electron chi connectivity index (χ1n) is 9.81. The van der Waals surface area contributed by atoms with E-state index in [9.17, 15) is 19.1 Å². The van der Waals surface area contributed by atoms with Gasteiger partial charge in [0, 0.05) is 57.0 Å². The maximum atomic E-state index is 13.4. The third-order valence-electron chi connectivity index (χ3n) is 5.72. The minimum absolute atomic E-state index is 0.0718. The average molecular weight is 427 g/mol. The molecule has 0 aliphatic carbocycles. The Kier molecular flexibility index (Phi) is 6.24. The van der Waals surface area contributed by atoms with Crippen LogP contribution in [-0.4, -0.2) is 89.2 Å². The number of amides is 2. The summed E-state index contributed by atoms with van der Waals surface area (Å²) in [6.45, 7) is 9.64. The molecule has 3 rings (SSSR count). The molecule has 1 aromatic rings. The molecular weight excluding hydrogens is 399 g/mol. The van der Waals surface area contributed by atoms with Crippen molar-refractivity contribution in [1.29, 1.82) is 0 Å². The molecule has 0 bridgehead atoms. The van der Waals surface area contributed by atoms with Gasteiger partial charge in [-0.3, -0.25) is 14.6 Å². The minimum atomic E-state index is -1.06. The average Bonchev–Trinajstić information content (AvgIpc) is 2.68. The highest BCUT2D eigenvalue weighted by Crippen LogP contribution is 2.25. The van der Waals surface area contributed by atoms with E-state index in [0.717, 1.165) is 5.69 Å². The van der Waals surface area contributed by atoms with Crippen LogP contribution in [0.1, 0.15) is 20.8 Å². The van der Waals surface area contributed by atoms with Crippen molar-refractivity contribution in [3.05, 3.63) is 29.0 Å². The van der Waals surface area contributed by atoms with Crippen molar-refractivity contribution in [2.45, 2.75) is 32.4 Å². The molecule has 2 saturated heterocycles. The van der Waals surface area contributed by atoms with E-state index < -0.39 is 18.0 Å². The normalized spacial score (nSPS) is 21.4. The van der Waals surface area contributed by atoms with Crippen molar-refractivity contribution in [2.75, 3.05) is 50.7 Å². The molecule has 2 aliphatic heterocycles. The van der Waals surface area contributed by atoms with Gasteiger partial charge in [0.1, 0.15) is 11.9 Å². The zero-order chi connectivity index (χ0) is 21.3. The van der Waals surface area contributed by atoms with Crippen LogP contribution in [0.2, 0.25) is 5.02 Å². The first kappa shape index (κ1) is 21.6. The van der Waals surface area contributed by atoms with Gasteiger partial charge in [-0.15, -0.1) is 0 Å². The molecular formula is C20H28ClFN4O3. The number of nitrogens with zero attached hydrogens (tertiary/aromatic N) is 4. The van der Waals surface area contributed by atoms with Gasteiger partial charge in [0.25, 0.3) is 0 Å². The summed E-state index contributed by atoms with van der Waals surface area (Å²) in [6.07, 6.45) is -1.06. The molecule has 0 saturated carbocycles. The predicted octanol–water partition coefficient (Wildman–Crippen LogP) is 2.59. The van der Waals surface area contributed by atoms with Gasteiger partial charge in [0.05, 0.1) is 5.02 Å². The Morgan fingerprint density at radius 2 is 1.76 bits per heavy atom. The summed E-state index contributed by atoms with van der Waals surface area (Å²) in [7, 11) is 0. The second-order valence-electron chi connectivity index (χ2n) is 8.52. The molecule has 2 fully saturated rings. The van der Waals surface area contributed by atoms with Gasteiger partial charge in [0.2, 0.25) is 5.91 Å². The van der Waals surface area contributed by atoms with E-state index >= 15 is 0 Å². The lowest BCUT2D eigenvalue weighted by molar-refractivity contribution is -0.139. The monoisotopic (exact) mass is 426 g/mol. The van der Waals surface area contributed by atoms with Crippen molar-refractivity contribution in [2.24, 2.45) is 0 Å². The molecule has 7 nitrogen and oxygen atoms in total. The van der Waals surface area contributed by atoms with E-state index in [2.05, 4.69) is 25.7 Å². The molecule has 1 atom stereocenters. The SMILES string of the molecule is CC(C)(C)N1CCN(C(=O)O)C(C(=O)N2CCN(c3ccc(F)c(Cl)c3)CC2)C1. The number of hydrogen-bond donors (Lipinski definition) is 1. The number of benzene rings is 1. The molecule has 29 heavy (non-hydrogen) atoms. The molecule has 160 valence electrons.